The van der Waals surface area contributed by atoms with E-state index in [1.54, 1.807) is 12.1 Å². The zero-order chi connectivity index (χ0) is 12.5. The zero-order valence-electron chi connectivity index (χ0n) is 10.8. The maximum Gasteiger partial charge on any atom is 0.126 e. The molecule has 0 spiro atoms. The van der Waals surface area contributed by atoms with E-state index in [0.29, 0.717) is 5.92 Å². The number of phenolic OH excluding ortho intramolecular Hbond substituents is 1. The van der Waals surface area contributed by atoms with Gasteiger partial charge in [-0.15, -0.1) is 0 Å². The van der Waals surface area contributed by atoms with Crippen LogP contribution < -0.4 is 10.1 Å². The van der Waals surface area contributed by atoms with Crippen molar-refractivity contribution in [3.05, 3.63) is 23.8 Å². The van der Waals surface area contributed by atoms with Crippen molar-refractivity contribution >= 4 is 0 Å². The fraction of sp³-hybridized carbons (Fsp3) is 0.571. The molecule has 0 amide bonds. The van der Waals surface area contributed by atoms with Crippen molar-refractivity contribution in [1.82, 2.24) is 5.32 Å². The summed E-state index contributed by atoms with van der Waals surface area (Å²) in [7, 11) is 0. The maximum atomic E-state index is 9.44. The predicted molar refractivity (Wildman–Crippen MR) is 68.7 cm³/mol. The summed E-state index contributed by atoms with van der Waals surface area (Å²) in [6.07, 6.45) is 1.03. The minimum Gasteiger partial charge on any atom is -0.508 e. The van der Waals surface area contributed by atoms with Crippen LogP contribution in [-0.2, 0) is 0 Å². The summed E-state index contributed by atoms with van der Waals surface area (Å²) < 4.78 is 5.58. The Balaban J connectivity index is 2.12. The third kappa shape index (κ3) is 3.13. The minimum absolute atomic E-state index is 0.134. The number of hydrogen-bond donors (Lipinski definition) is 2. The Morgan fingerprint density at radius 2 is 2.18 bits per heavy atom. The molecule has 0 saturated carbocycles. The van der Waals surface area contributed by atoms with Gasteiger partial charge >= 0.3 is 0 Å². The van der Waals surface area contributed by atoms with E-state index in [1.165, 1.54) is 5.56 Å². The molecule has 0 radical (unpaired) electrons. The molecule has 1 aromatic rings. The normalized spacial score (nSPS) is 19.6. The van der Waals surface area contributed by atoms with Crippen molar-refractivity contribution < 1.29 is 9.84 Å². The highest BCUT2D eigenvalue weighted by Gasteiger charge is 2.23. The van der Waals surface area contributed by atoms with Crippen molar-refractivity contribution in [3.8, 4) is 11.5 Å². The highest BCUT2D eigenvalue weighted by Crippen LogP contribution is 2.35. The quantitative estimate of drug-likeness (QED) is 0.828. The Morgan fingerprint density at radius 1 is 1.41 bits per heavy atom. The van der Waals surface area contributed by atoms with Gasteiger partial charge in [0.15, 0.2) is 0 Å². The second-order valence-electron chi connectivity index (χ2n) is 5.69. The number of benzene rings is 1. The lowest BCUT2D eigenvalue weighted by Crippen LogP contribution is -2.39. The lowest BCUT2D eigenvalue weighted by Gasteiger charge is -2.29. The van der Waals surface area contributed by atoms with Gasteiger partial charge in [-0.2, -0.15) is 0 Å². The molecule has 1 aliphatic rings. The number of nitrogens with one attached hydrogen (secondary N) is 1. The Bertz CT molecular complexity index is 396. The average Bonchev–Trinajstić information content (AvgIpc) is 2.24. The summed E-state index contributed by atoms with van der Waals surface area (Å²) >= 11 is 0. The number of fused-ring (bicyclic) bond motifs is 1. The molecule has 1 aliphatic heterocycles. The van der Waals surface area contributed by atoms with Gasteiger partial charge in [0.25, 0.3) is 0 Å². The van der Waals surface area contributed by atoms with E-state index in [0.717, 1.165) is 25.3 Å². The molecule has 3 nitrogen and oxygen atoms in total. The Labute approximate surface area is 103 Å². The van der Waals surface area contributed by atoms with Crippen LogP contribution in [0.1, 0.15) is 38.7 Å². The van der Waals surface area contributed by atoms with Crippen LogP contribution in [0.3, 0.4) is 0 Å². The van der Waals surface area contributed by atoms with Crippen molar-refractivity contribution in [1.29, 1.82) is 0 Å². The molecule has 0 fully saturated rings. The van der Waals surface area contributed by atoms with Crippen LogP contribution in [0.25, 0.3) is 0 Å². The summed E-state index contributed by atoms with van der Waals surface area (Å²) in [5.41, 5.74) is 1.33. The lowest BCUT2D eigenvalue weighted by atomic mass is 9.92. The first-order valence-electron chi connectivity index (χ1n) is 6.16. The van der Waals surface area contributed by atoms with E-state index in [1.807, 2.05) is 6.07 Å². The summed E-state index contributed by atoms with van der Waals surface area (Å²) in [6.45, 7) is 8.19. The smallest absolute Gasteiger partial charge is 0.126 e. The Morgan fingerprint density at radius 3 is 2.88 bits per heavy atom. The number of rotatable bonds is 2. The number of hydrogen-bond acceptors (Lipinski definition) is 3. The van der Waals surface area contributed by atoms with Gasteiger partial charge < -0.3 is 15.2 Å². The van der Waals surface area contributed by atoms with Gasteiger partial charge in [-0.05, 0) is 38.8 Å². The molecule has 1 heterocycles. The second kappa shape index (κ2) is 4.57. The number of ether oxygens (including phenoxy) is 1. The van der Waals surface area contributed by atoms with Crippen LogP contribution in [0.2, 0.25) is 0 Å². The van der Waals surface area contributed by atoms with E-state index >= 15 is 0 Å². The van der Waals surface area contributed by atoms with Gasteiger partial charge in [-0.25, -0.2) is 0 Å². The van der Waals surface area contributed by atoms with Gasteiger partial charge in [0, 0.05) is 24.1 Å². The van der Waals surface area contributed by atoms with E-state index in [2.05, 4.69) is 26.1 Å². The van der Waals surface area contributed by atoms with Crippen LogP contribution >= 0.6 is 0 Å². The van der Waals surface area contributed by atoms with E-state index in [9.17, 15) is 5.11 Å². The van der Waals surface area contributed by atoms with E-state index in [4.69, 9.17) is 4.74 Å². The first kappa shape index (κ1) is 12.2. The topological polar surface area (TPSA) is 41.5 Å². The largest absolute Gasteiger partial charge is 0.508 e. The third-order valence-corrected chi connectivity index (χ3v) is 3.04. The van der Waals surface area contributed by atoms with E-state index in [-0.39, 0.29) is 11.3 Å². The molecular weight excluding hydrogens is 214 g/mol. The molecule has 1 aromatic carbocycles. The third-order valence-electron chi connectivity index (χ3n) is 3.04. The van der Waals surface area contributed by atoms with Gasteiger partial charge in [-0.1, -0.05) is 6.07 Å². The van der Waals surface area contributed by atoms with Crippen molar-refractivity contribution in [2.75, 3.05) is 13.2 Å². The zero-order valence-corrected chi connectivity index (χ0v) is 10.8. The molecule has 1 unspecified atom stereocenters. The molecule has 1 atom stereocenters. The Kier molecular flexibility index (Phi) is 3.29. The lowest BCUT2D eigenvalue weighted by molar-refractivity contribution is 0.256. The first-order chi connectivity index (χ1) is 7.96. The van der Waals surface area contributed by atoms with Crippen molar-refractivity contribution in [2.24, 2.45) is 0 Å². The van der Waals surface area contributed by atoms with Crippen LogP contribution in [0.5, 0.6) is 11.5 Å². The molecule has 0 aliphatic carbocycles. The van der Waals surface area contributed by atoms with Gasteiger partial charge in [0.1, 0.15) is 11.5 Å². The molecule has 2 rings (SSSR count). The number of phenols is 1. The molecule has 17 heavy (non-hydrogen) atoms. The van der Waals surface area contributed by atoms with Crippen LogP contribution in [0.15, 0.2) is 18.2 Å². The van der Waals surface area contributed by atoms with E-state index < -0.39 is 0 Å². The molecule has 0 aromatic heterocycles. The van der Waals surface area contributed by atoms with Crippen LogP contribution in [0.4, 0.5) is 0 Å². The number of aromatic hydroxyl groups is 1. The van der Waals surface area contributed by atoms with Crippen LogP contribution in [-0.4, -0.2) is 23.8 Å². The average molecular weight is 235 g/mol. The van der Waals surface area contributed by atoms with Crippen molar-refractivity contribution in [3.63, 3.8) is 0 Å². The molecule has 3 heteroatoms. The Hall–Kier alpha value is -1.22. The van der Waals surface area contributed by atoms with Gasteiger partial charge in [0.2, 0.25) is 0 Å². The van der Waals surface area contributed by atoms with Gasteiger partial charge in [0.05, 0.1) is 6.61 Å². The fourth-order valence-electron chi connectivity index (χ4n) is 2.09. The molecule has 94 valence electrons. The van der Waals surface area contributed by atoms with Crippen molar-refractivity contribution in [2.45, 2.75) is 38.6 Å². The standard InChI is InChI=1S/C14H21NO2/c1-14(2,3)15-9-10-6-7-17-13-8-11(16)4-5-12(10)13/h4-5,8,10,15-16H,6-7,9H2,1-3H3. The molecule has 0 bridgehead atoms. The van der Waals surface area contributed by atoms with Crippen LogP contribution in [0, 0.1) is 0 Å². The summed E-state index contributed by atoms with van der Waals surface area (Å²) in [4.78, 5) is 0. The highest BCUT2D eigenvalue weighted by atomic mass is 16.5. The predicted octanol–water partition coefficient (Wildman–Crippen LogP) is 2.65. The molecule has 2 N–H and O–H groups in total. The summed E-state index contributed by atoms with van der Waals surface area (Å²) in [5.74, 6) is 1.57. The summed E-state index contributed by atoms with van der Waals surface area (Å²) in [6, 6.07) is 5.41. The minimum atomic E-state index is 0.134. The molecular formula is C14H21NO2. The SMILES string of the molecule is CC(C)(C)NCC1CCOc2cc(O)ccc21. The second-order valence-corrected chi connectivity index (χ2v) is 5.69. The summed E-state index contributed by atoms with van der Waals surface area (Å²) in [5, 5.41) is 13.0. The molecule has 0 saturated heterocycles. The maximum absolute atomic E-state index is 9.44. The highest BCUT2D eigenvalue weighted by molar-refractivity contribution is 5.43. The fourth-order valence-corrected chi connectivity index (χ4v) is 2.09. The first-order valence-corrected chi connectivity index (χ1v) is 6.16. The monoisotopic (exact) mass is 235 g/mol. The van der Waals surface area contributed by atoms with Gasteiger partial charge in [-0.3, -0.25) is 0 Å².